The first-order valence-corrected chi connectivity index (χ1v) is 8.99. The molecule has 0 amide bonds. The normalized spacial score (nSPS) is 17.2. The lowest BCUT2D eigenvalue weighted by Crippen LogP contribution is -2.36. The second kappa shape index (κ2) is 5.91. The van der Waals surface area contributed by atoms with Gasteiger partial charge in [-0.25, -0.2) is 18.1 Å². The van der Waals surface area contributed by atoms with Gasteiger partial charge in [0.1, 0.15) is 5.15 Å². The van der Waals surface area contributed by atoms with Crippen molar-refractivity contribution >= 4 is 32.5 Å². The molecule has 1 aliphatic rings. The van der Waals surface area contributed by atoms with Gasteiger partial charge in [-0.15, -0.1) is 0 Å². The molecule has 1 aromatic carbocycles. The predicted molar refractivity (Wildman–Crippen MR) is 83.9 cm³/mol. The Morgan fingerprint density at radius 1 is 1.10 bits per heavy atom. The van der Waals surface area contributed by atoms with Crippen molar-refractivity contribution in [3.63, 3.8) is 0 Å². The molecule has 1 fully saturated rings. The molecular formula is C15H17ClN2O2S. The summed E-state index contributed by atoms with van der Waals surface area (Å²) in [5, 5.41) is 1.17. The Morgan fingerprint density at radius 2 is 1.86 bits per heavy atom. The average Bonchev–Trinajstić information content (AvgIpc) is 2.47. The fraction of sp³-hybridized carbons (Fsp3) is 0.400. The van der Waals surface area contributed by atoms with Crippen molar-refractivity contribution in [1.82, 2.24) is 9.71 Å². The lowest BCUT2D eigenvalue weighted by atomic mass is 9.96. The van der Waals surface area contributed by atoms with Crippen LogP contribution in [0.25, 0.3) is 10.9 Å². The fourth-order valence-electron chi connectivity index (χ4n) is 2.75. The van der Waals surface area contributed by atoms with E-state index in [1.807, 2.05) is 0 Å². The van der Waals surface area contributed by atoms with Crippen molar-refractivity contribution in [3.05, 3.63) is 35.5 Å². The van der Waals surface area contributed by atoms with Gasteiger partial charge in [0.05, 0.1) is 10.4 Å². The Bertz CT molecular complexity index is 755. The summed E-state index contributed by atoms with van der Waals surface area (Å²) in [6.07, 6.45) is 5.22. The number of benzene rings is 1. The van der Waals surface area contributed by atoms with Crippen LogP contribution in [0.2, 0.25) is 5.15 Å². The number of pyridine rings is 1. The van der Waals surface area contributed by atoms with E-state index in [2.05, 4.69) is 9.71 Å². The highest BCUT2D eigenvalue weighted by atomic mass is 35.5. The Kier molecular flexibility index (Phi) is 4.15. The third-order valence-corrected chi connectivity index (χ3v) is 5.59. The summed E-state index contributed by atoms with van der Waals surface area (Å²) in [6.45, 7) is 0. The first-order valence-electron chi connectivity index (χ1n) is 7.13. The molecule has 1 N–H and O–H groups in total. The molecule has 0 radical (unpaired) electrons. The highest BCUT2D eigenvalue weighted by Crippen LogP contribution is 2.22. The number of fused-ring (bicyclic) bond motifs is 1. The quantitative estimate of drug-likeness (QED) is 0.879. The molecule has 0 aliphatic heterocycles. The van der Waals surface area contributed by atoms with Gasteiger partial charge in [-0.3, -0.25) is 0 Å². The van der Waals surface area contributed by atoms with Crippen LogP contribution in [0.5, 0.6) is 0 Å². The summed E-state index contributed by atoms with van der Waals surface area (Å²) in [5.74, 6) is 0. The summed E-state index contributed by atoms with van der Waals surface area (Å²) in [5.41, 5.74) is 0.694. The van der Waals surface area contributed by atoms with Crippen LogP contribution in [0, 0.1) is 0 Å². The molecule has 1 heterocycles. The van der Waals surface area contributed by atoms with Gasteiger partial charge in [0.25, 0.3) is 0 Å². The molecule has 2 aromatic rings. The average molecular weight is 325 g/mol. The van der Waals surface area contributed by atoms with Gasteiger partial charge in [0.2, 0.25) is 10.0 Å². The Morgan fingerprint density at radius 3 is 2.62 bits per heavy atom. The molecule has 21 heavy (non-hydrogen) atoms. The molecule has 1 aliphatic carbocycles. The van der Waals surface area contributed by atoms with Crippen LogP contribution in [0.4, 0.5) is 0 Å². The van der Waals surface area contributed by atoms with Gasteiger partial charge in [-0.1, -0.05) is 30.9 Å². The molecular weight excluding hydrogens is 308 g/mol. The molecule has 0 spiro atoms. The molecule has 3 rings (SSSR count). The monoisotopic (exact) mass is 324 g/mol. The van der Waals surface area contributed by atoms with E-state index in [4.69, 9.17) is 11.6 Å². The summed E-state index contributed by atoms with van der Waals surface area (Å²) in [4.78, 5) is 4.45. The fourth-order valence-corrected chi connectivity index (χ4v) is 4.25. The van der Waals surface area contributed by atoms with E-state index in [0.29, 0.717) is 10.7 Å². The maximum absolute atomic E-state index is 12.5. The van der Waals surface area contributed by atoms with Gasteiger partial charge >= 0.3 is 0 Å². The number of aromatic nitrogens is 1. The lowest BCUT2D eigenvalue weighted by molar-refractivity contribution is 0.412. The molecule has 0 atom stereocenters. The third-order valence-electron chi connectivity index (χ3n) is 3.86. The van der Waals surface area contributed by atoms with Gasteiger partial charge in [0, 0.05) is 11.4 Å². The summed E-state index contributed by atoms with van der Waals surface area (Å²) < 4.78 is 27.7. The second-order valence-corrected chi connectivity index (χ2v) is 7.55. The molecule has 1 aromatic heterocycles. The van der Waals surface area contributed by atoms with Crippen LogP contribution in [-0.2, 0) is 10.0 Å². The van der Waals surface area contributed by atoms with Crippen molar-refractivity contribution in [2.24, 2.45) is 0 Å². The van der Waals surface area contributed by atoms with Crippen LogP contribution in [0.3, 0.4) is 0 Å². The first-order chi connectivity index (χ1) is 10.0. The van der Waals surface area contributed by atoms with E-state index in [1.165, 1.54) is 6.42 Å². The van der Waals surface area contributed by atoms with Gasteiger partial charge in [0.15, 0.2) is 0 Å². The molecule has 112 valence electrons. The Hall–Kier alpha value is -1.17. The van der Waals surface area contributed by atoms with E-state index < -0.39 is 10.0 Å². The Labute approximate surface area is 129 Å². The number of sulfonamides is 1. The molecule has 4 nitrogen and oxygen atoms in total. The van der Waals surface area contributed by atoms with Crippen molar-refractivity contribution in [3.8, 4) is 0 Å². The number of hydrogen-bond donors (Lipinski definition) is 1. The van der Waals surface area contributed by atoms with E-state index >= 15 is 0 Å². The lowest BCUT2D eigenvalue weighted by Gasteiger charge is -2.22. The van der Waals surface area contributed by atoms with Crippen LogP contribution in [0.15, 0.2) is 35.2 Å². The summed E-state index contributed by atoms with van der Waals surface area (Å²) in [6, 6.07) is 8.42. The Balaban J connectivity index is 1.89. The van der Waals surface area contributed by atoms with Gasteiger partial charge in [-0.2, -0.15) is 0 Å². The maximum Gasteiger partial charge on any atom is 0.240 e. The zero-order valence-electron chi connectivity index (χ0n) is 11.5. The summed E-state index contributed by atoms with van der Waals surface area (Å²) in [7, 11) is -3.47. The van der Waals surface area contributed by atoms with Crippen molar-refractivity contribution in [2.45, 2.75) is 43.0 Å². The zero-order chi connectivity index (χ0) is 14.9. The number of nitrogens with one attached hydrogen (secondary N) is 1. The SMILES string of the molecule is O=S(=O)(NC1CCCCC1)c1ccc2nc(Cl)ccc2c1. The third kappa shape index (κ3) is 3.36. The van der Waals surface area contributed by atoms with Crippen LogP contribution >= 0.6 is 11.6 Å². The molecule has 0 bridgehead atoms. The van der Waals surface area contributed by atoms with Crippen molar-refractivity contribution < 1.29 is 8.42 Å². The van der Waals surface area contributed by atoms with Gasteiger partial charge in [-0.05, 0) is 43.2 Å². The largest absolute Gasteiger partial charge is 0.240 e. The molecule has 0 unspecified atom stereocenters. The maximum atomic E-state index is 12.5. The minimum absolute atomic E-state index is 0.0581. The van der Waals surface area contributed by atoms with E-state index in [1.54, 1.807) is 30.3 Å². The smallest absolute Gasteiger partial charge is 0.236 e. The minimum Gasteiger partial charge on any atom is -0.236 e. The standard InChI is InChI=1S/C15H17ClN2O2S/c16-15-9-6-11-10-13(7-8-14(11)17-15)21(19,20)18-12-4-2-1-3-5-12/h6-10,12,18H,1-5H2. The van der Waals surface area contributed by atoms with Crippen molar-refractivity contribution in [1.29, 1.82) is 0 Å². The number of hydrogen-bond acceptors (Lipinski definition) is 3. The second-order valence-electron chi connectivity index (χ2n) is 5.44. The highest BCUT2D eigenvalue weighted by Gasteiger charge is 2.22. The van der Waals surface area contributed by atoms with Crippen LogP contribution < -0.4 is 4.72 Å². The van der Waals surface area contributed by atoms with Crippen molar-refractivity contribution in [2.75, 3.05) is 0 Å². The summed E-state index contributed by atoms with van der Waals surface area (Å²) >= 11 is 5.84. The van der Waals surface area contributed by atoms with E-state index in [9.17, 15) is 8.42 Å². The van der Waals surface area contributed by atoms with E-state index in [0.717, 1.165) is 31.1 Å². The number of halogens is 1. The van der Waals surface area contributed by atoms with Crippen LogP contribution in [-0.4, -0.2) is 19.4 Å². The molecule has 1 saturated carbocycles. The van der Waals surface area contributed by atoms with E-state index in [-0.39, 0.29) is 10.9 Å². The van der Waals surface area contributed by atoms with Crippen LogP contribution in [0.1, 0.15) is 32.1 Å². The molecule has 0 saturated heterocycles. The number of rotatable bonds is 3. The van der Waals surface area contributed by atoms with Gasteiger partial charge < -0.3 is 0 Å². The minimum atomic E-state index is -3.47. The highest BCUT2D eigenvalue weighted by molar-refractivity contribution is 7.89. The molecule has 6 heteroatoms. The zero-order valence-corrected chi connectivity index (χ0v) is 13.1. The number of nitrogens with zero attached hydrogens (tertiary/aromatic N) is 1. The predicted octanol–water partition coefficient (Wildman–Crippen LogP) is 3.50. The first kappa shape index (κ1) is 14.8. The topological polar surface area (TPSA) is 59.1 Å².